The Morgan fingerprint density at radius 1 is 1.00 bits per heavy atom. The molecule has 2 aromatic carbocycles. The molecule has 0 radical (unpaired) electrons. The molecule has 1 aliphatic heterocycles. The van der Waals surface area contributed by atoms with Crippen molar-refractivity contribution in [1.29, 1.82) is 0 Å². The lowest BCUT2D eigenvalue weighted by Gasteiger charge is -2.37. The van der Waals surface area contributed by atoms with Crippen LogP contribution in [0.15, 0.2) is 60.9 Å². The molecule has 1 atom stereocenters. The number of amides is 1. The molecule has 0 N–H and O–H groups in total. The molecule has 9 nitrogen and oxygen atoms in total. The quantitative estimate of drug-likeness (QED) is 0.440. The number of carbonyl (C=O) groups excluding carboxylic acids is 1. The Labute approximate surface area is 198 Å². The highest BCUT2D eigenvalue weighted by Crippen LogP contribution is 2.26. The van der Waals surface area contributed by atoms with Crippen molar-refractivity contribution in [2.45, 2.75) is 19.3 Å². The van der Waals surface area contributed by atoms with Crippen LogP contribution in [0, 0.1) is 0 Å². The van der Waals surface area contributed by atoms with Gasteiger partial charge in [-0.15, -0.1) is 5.10 Å². The lowest BCUT2D eigenvalue weighted by atomic mass is 9.95. The van der Waals surface area contributed by atoms with Crippen LogP contribution < -0.4 is 9.64 Å². The lowest BCUT2D eigenvalue weighted by molar-refractivity contribution is -0.133. The normalized spacial score (nSPS) is 14.9. The number of methoxy groups -OCH3 is 1. The summed E-state index contributed by atoms with van der Waals surface area (Å²) < 4.78 is 6.94. The predicted octanol–water partition coefficient (Wildman–Crippen LogP) is 3.06. The average molecular weight is 458 g/mol. The van der Waals surface area contributed by atoms with E-state index in [2.05, 4.69) is 32.1 Å². The van der Waals surface area contributed by atoms with Crippen molar-refractivity contribution in [2.75, 3.05) is 38.2 Å². The van der Waals surface area contributed by atoms with Crippen molar-refractivity contribution >= 4 is 22.9 Å². The molecule has 0 saturated carbocycles. The summed E-state index contributed by atoms with van der Waals surface area (Å²) in [6.45, 7) is 4.70. The molecular weight excluding hydrogens is 430 g/mol. The van der Waals surface area contributed by atoms with Gasteiger partial charge in [-0.1, -0.05) is 42.5 Å². The summed E-state index contributed by atoms with van der Waals surface area (Å²) in [7, 11) is 1.64. The molecule has 0 bridgehead atoms. The number of benzene rings is 2. The number of anilines is 1. The largest absolute Gasteiger partial charge is 0.497 e. The van der Waals surface area contributed by atoms with Crippen LogP contribution in [0.5, 0.6) is 5.75 Å². The molecule has 34 heavy (non-hydrogen) atoms. The Hall–Kier alpha value is -4.01. The molecule has 174 valence electrons. The van der Waals surface area contributed by atoms with Crippen LogP contribution in [0.1, 0.15) is 24.8 Å². The maximum Gasteiger partial charge on any atom is 0.230 e. The van der Waals surface area contributed by atoms with Crippen molar-refractivity contribution in [3.05, 3.63) is 66.5 Å². The zero-order chi connectivity index (χ0) is 23.5. The Balaban J connectivity index is 1.33. The number of hydrogen-bond donors (Lipinski definition) is 0. The van der Waals surface area contributed by atoms with E-state index < -0.39 is 0 Å². The highest BCUT2D eigenvalue weighted by molar-refractivity contribution is 5.85. The van der Waals surface area contributed by atoms with Gasteiger partial charge < -0.3 is 14.5 Å². The maximum atomic E-state index is 13.2. The standard InChI is InChI=1S/C25H27N7O2/c1-3-21(18-7-5-4-6-8-18)25(33)31-15-13-30(14-16-31)23-22-24(27-17-26-23)32(29-28-22)19-9-11-20(34-2)12-10-19/h4-12,17,21H,3,13-16H2,1-2H3. The van der Waals surface area contributed by atoms with Crippen LogP contribution in [-0.4, -0.2) is 69.1 Å². The van der Waals surface area contributed by atoms with E-state index in [1.165, 1.54) is 0 Å². The summed E-state index contributed by atoms with van der Waals surface area (Å²) in [5, 5.41) is 8.70. The van der Waals surface area contributed by atoms with Crippen molar-refractivity contribution in [2.24, 2.45) is 0 Å². The molecule has 1 fully saturated rings. The fourth-order valence-corrected chi connectivity index (χ4v) is 4.46. The minimum atomic E-state index is -0.108. The first-order chi connectivity index (χ1) is 16.7. The molecule has 1 amide bonds. The van der Waals surface area contributed by atoms with Gasteiger partial charge in [0.2, 0.25) is 5.91 Å². The van der Waals surface area contributed by atoms with E-state index in [-0.39, 0.29) is 11.8 Å². The molecular formula is C25H27N7O2. The number of rotatable bonds is 6. The molecule has 3 heterocycles. The second-order valence-corrected chi connectivity index (χ2v) is 8.25. The number of nitrogens with zero attached hydrogens (tertiary/aromatic N) is 7. The first kappa shape index (κ1) is 21.8. The number of piperazine rings is 1. The van der Waals surface area contributed by atoms with Crippen LogP contribution in [-0.2, 0) is 4.79 Å². The minimum Gasteiger partial charge on any atom is -0.497 e. The SMILES string of the molecule is CCC(C(=O)N1CCN(c2ncnc3c2nnn3-c2ccc(OC)cc2)CC1)c1ccccc1. The summed E-state index contributed by atoms with van der Waals surface area (Å²) in [5.74, 6) is 1.59. The molecule has 1 unspecified atom stereocenters. The van der Waals surface area contributed by atoms with E-state index in [1.54, 1.807) is 18.1 Å². The third-order valence-corrected chi connectivity index (χ3v) is 6.33. The average Bonchev–Trinajstić information content (AvgIpc) is 3.34. The van der Waals surface area contributed by atoms with Crippen molar-refractivity contribution in [3.8, 4) is 11.4 Å². The minimum absolute atomic E-state index is 0.108. The lowest BCUT2D eigenvalue weighted by Crippen LogP contribution is -2.50. The number of aromatic nitrogens is 5. The summed E-state index contributed by atoms with van der Waals surface area (Å²) in [6.07, 6.45) is 2.32. The molecule has 5 rings (SSSR count). The van der Waals surface area contributed by atoms with Crippen molar-refractivity contribution < 1.29 is 9.53 Å². The van der Waals surface area contributed by atoms with Crippen molar-refractivity contribution in [1.82, 2.24) is 29.9 Å². The van der Waals surface area contributed by atoms with Crippen molar-refractivity contribution in [3.63, 3.8) is 0 Å². The first-order valence-electron chi connectivity index (χ1n) is 11.5. The molecule has 0 aliphatic carbocycles. The zero-order valence-electron chi connectivity index (χ0n) is 19.3. The van der Waals surface area contributed by atoms with Gasteiger partial charge in [-0.05, 0) is 36.2 Å². The maximum absolute atomic E-state index is 13.2. The van der Waals surface area contributed by atoms with Gasteiger partial charge in [0.05, 0.1) is 18.7 Å². The van der Waals surface area contributed by atoms with Gasteiger partial charge in [0.1, 0.15) is 12.1 Å². The topological polar surface area (TPSA) is 89.3 Å². The molecule has 4 aromatic rings. The second kappa shape index (κ2) is 9.46. The van der Waals surface area contributed by atoms with E-state index in [4.69, 9.17) is 4.74 Å². The van der Waals surface area contributed by atoms with Gasteiger partial charge in [0, 0.05) is 26.2 Å². The highest BCUT2D eigenvalue weighted by atomic mass is 16.5. The second-order valence-electron chi connectivity index (χ2n) is 8.25. The summed E-state index contributed by atoms with van der Waals surface area (Å²) in [5.41, 5.74) is 3.21. The smallest absolute Gasteiger partial charge is 0.230 e. The van der Waals surface area contributed by atoms with Gasteiger partial charge in [0.25, 0.3) is 0 Å². The van der Waals surface area contributed by atoms with E-state index in [9.17, 15) is 4.79 Å². The van der Waals surface area contributed by atoms with Gasteiger partial charge in [0.15, 0.2) is 17.0 Å². The zero-order valence-corrected chi connectivity index (χ0v) is 19.3. The third-order valence-electron chi connectivity index (χ3n) is 6.33. The molecule has 2 aromatic heterocycles. The summed E-state index contributed by atoms with van der Waals surface area (Å²) in [6, 6.07) is 17.6. The molecule has 0 spiro atoms. The Bertz CT molecular complexity index is 1270. The van der Waals surface area contributed by atoms with Crippen LogP contribution in [0.4, 0.5) is 5.82 Å². The first-order valence-corrected chi connectivity index (χ1v) is 11.5. The van der Waals surface area contributed by atoms with E-state index in [0.29, 0.717) is 37.3 Å². The Morgan fingerprint density at radius 3 is 2.41 bits per heavy atom. The summed E-state index contributed by atoms with van der Waals surface area (Å²) in [4.78, 5) is 26.3. The predicted molar refractivity (Wildman–Crippen MR) is 129 cm³/mol. The molecule has 1 aliphatic rings. The fraction of sp³-hybridized carbons (Fsp3) is 0.320. The van der Waals surface area contributed by atoms with E-state index in [0.717, 1.165) is 29.2 Å². The Morgan fingerprint density at radius 2 is 1.74 bits per heavy atom. The number of carbonyl (C=O) groups is 1. The van der Waals surface area contributed by atoms with Crippen LogP contribution in [0.2, 0.25) is 0 Å². The molecule has 9 heteroatoms. The van der Waals surface area contributed by atoms with Gasteiger partial charge in [-0.25, -0.2) is 9.97 Å². The third kappa shape index (κ3) is 4.05. The van der Waals surface area contributed by atoms with Gasteiger partial charge >= 0.3 is 0 Å². The van der Waals surface area contributed by atoms with Crippen LogP contribution in [0.25, 0.3) is 16.9 Å². The van der Waals surface area contributed by atoms with Crippen LogP contribution in [0.3, 0.4) is 0 Å². The van der Waals surface area contributed by atoms with E-state index >= 15 is 0 Å². The highest BCUT2D eigenvalue weighted by Gasteiger charge is 2.29. The summed E-state index contributed by atoms with van der Waals surface area (Å²) >= 11 is 0. The fourth-order valence-electron chi connectivity index (χ4n) is 4.46. The van der Waals surface area contributed by atoms with Crippen LogP contribution >= 0.6 is 0 Å². The number of fused-ring (bicyclic) bond motifs is 1. The van der Waals surface area contributed by atoms with Gasteiger partial charge in [-0.2, -0.15) is 4.68 Å². The Kier molecular flexibility index (Phi) is 6.07. The van der Waals surface area contributed by atoms with Gasteiger partial charge in [-0.3, -0.25) is 4.79 Å². The van der Waals surface area contributed by atoms with E-state index in [1.807, 2.05) is 59.5 Å². The number of hydrogen-bond acceptors (Lipinski definition) is 7. The monoisotopic (exact) mass is 457 g/mol. The molecule has 1 saturated heterocycles. The number of ether oxygens (including phenoxy) is 1.